The molecular weight excluding hydrogens is 232 g/mol. The van der Waals surface area contributed by atoms with Crippen molar-refractivity contribution in [3.05, 3.63) is 35.4 Å². The van der Waals surface area contributed by atoms with Crippen LogP contribution in [0.4, 0.5) is 0 Å². The van der Waals surface area contributed by atoms with E-state index in [1.54, 1.807) is 11.9 Å². The molecule has 0 saturated heterocycles. The molecule has 1 aromatic rings. The van der Waals surface area contributed by atoms with E-state index >= 15 is 0 Å². The molecule has 0 fully saturated rings. The predicted molar refractivity (Wildman–Crippen MR) is 73.9 cm³/mol. The van der Waals surface area contributed by atoms with Gasteiger partial charge < -0.3 is 10.6 Å². The van der Waals surface area contributed by atoms with Crippen molar-refractivity contribution in [3.63, 3.8) is 0 Å². The summed E-state index contributed by atoms with van der Waals surface area (Å²) in [6.45, 7) is 2.59. The molecule has 4 heteroatoms. The number of amides is 1. The second-order valence-corrected chi connectivity index (χ2v) is 4.66. The van der Waals surface area contributed by atoms with E-state index in [2.05, 4.69) is 0 Å². The van der Waals surface area contributed by atoms with Gasteiger partial charge in [-0.3, -0.25) is 4.79 Å². The highest BCUT2D eigenvalue weighted by molar-refractivity contribution is 7.80. The maximum absolute atomic E-state index is 11.9. The summed E-state index contributed by atoms with van der Waals surface area (Å²) in [6.07, 6.45) is 1.01. The normalized spacial score (nSPS) is 10.0. The summed E-state index contributed by atoms with van der Waals surface area (Å²) in [5, 5.41) is 0. The van der Waals surface area contributed by atoms with Crippen LogP contribution in [0.3, 0.4) is 0 Å². The minimum absolute atomic E-state index is 0.0931. The van der Waals surface area contributed by atoms with Gasteiger partial charge >= 0.3 is 0 Å². The van der Waals surface area contributed by atoms with E-state index in [0.29, 0.717) is 24.4 Å². The highest BCUT2D eigenvalue weighted by atomic mass is 32.1. The van der Waals surface area contributed by atoms with Gasteiger partial charge in [-0.2, -0.15) is 0 Å². The van der Waals surface area contributed by atoms with E-state index < -0.39 is 0 Å². The van der Waals surface area contributed by atoms with Gasteiger partial charge in [0, 0.05) is 20.0 Å². The Balaban J connectivity index is 2.54. The van der Waals surface area contributed by atoms with Crippen molar-refractivity contribution in [3.8, 4) is 0 Å². The molecule has 0 heterocycles. The lowest BCUT2D eigenvalue weighted by Gasteiger charge is -2.17. The number of benzene rings is 1. The van der Waals surface area contributed by atoms with Gasteiger partial charge in [0.2, 0.25) is 5.91 Å². The number of hydrogen-bond donors (Lipinski definition) is 1. The van der Waals surface area contributed by atoms with Crippen molar-refractivity contribution in [2.24, 2.45) is 5.73 Å². The van der Waals surface area contributed by atoms with Crippen molar-refractivity contribution in [1.82, 2.24) is 4.90 Å². The second-order valence-electron chi connectivity index (χ2n) is 4.13. The molecule has 0 aliphatic heterocycles. The summed E-state index contributed by atoms with van der Waals surface area (Å²) in [5.74, 6) is 0.0931. The number of aryl methyl sites for hydroxylation is 1. The van der Waals surface area contributed by atoms with Crippen molar-refractivity contribution in [2.45, 2.75) is 19.8 Å². The molecule has 0 radical (unpaired) electrons. The third kappa shape index (κ3) is 4.53. The monoisotopic (exact) mass is 250 g/mol. The first-order valence-electron chi connectivity index (χ1n) is 5.57. The molecule has 1 aromatic carbocycles. The zero-order valence-electron chi connectivity index (χ0n) is 10.3. The summed E-state index contributed by atoms with van der Waals surface area (Å²) in [4.78, 5) is 14.0. The number of nitrogens with zero attached hydrogens (tertiary/aromatic N) is 1. The molecule has 0 aliphatic rings. The van der Waals surface area contributed by atoms with Gasteiger partial charge in [-0.05, 0) is 18.1 Å². The van der Waals surface area contributed by atoms with Crippen molar-refractivity contribution in [1.29, 1.82) is 0 Å². The number of rotatable bonds is 5. The van der Waals surface area contributed by atoms with Gasteiger partial charge in [-0.15, -0.1) is 0 Å². The number of carbonyl (C=O) groups is 1. The Hall–Kier alpha value is -1.42. The fourth-order valence-electron chi connectivity index (χ4n) is 1.51. The second kappa shape index (κ2) is 6.35. The topological polar surface area (TPSA) is 46.3 Å². The molecule has 3 nitrogen and oxygen atoms in total. The molecule has 1 rings (SSSR count). The number of hydrogen-bond acceptors (Lipinski definition) is 2. The quantitative estimate of drug-likeness (QED) is 0.809. The molecule has 17 heavy (non-hydrogen) atoms. The number of carbonyl (C=O) groups excluding carboxylic acids is 1. The summed E-state index contributed by atoms with van der Waals surface area (Å²) < 4.78 is 0. The van der Waals surface area contributed by atoms with Gasteiger partial charge in [0.15, 0.2) is 0 Å². The molecule has 0 atom stereocenters. The number of thiocarbonyl (C=S) groups is 1. The van der Waals surface area contributed by atoms with Crippen LogP contribution in [0.15, 0.2) is 24.3 Å². The van der Waals surface area contributed by atoms with Crippen LogP contribution in [-0.4, -0.2) is 29.4 Å². The maximum atomic E-state index is 11.9. The van der Waals surface area contributed by atoms with E-state index in [4.69, 9.17) is 18.0 Å². The van der Waals surface area contributed by atoms with Crippen molar-refractivity contribution < 1.29 is 4.79 Å². The molecule has 1 amide bonds. The fraction of sp³-hybridized carbons (Fsp3) is 0.385. The average Bonchev–Trinajstić information content (AvgIpc) is 2.28. The van der Waals surface area contributed by atoms with E-state index in [-0.39, 0.29) is 5.91 Å². The first-order chi connectivity index (χ1) is 8.00. The lowest BCUT2D eigenvalue weighted by molar-refractivity contribution is -0.129. The van der Waals surface area contributed by atoms with Gasteiger partial charge in [0.1, 0.15) is 0 Å². The minimum atomic E-state index is 0.0931. The highest BCUT2D eigenvalue weighted by Gasteiger charge is 2.10. The number of nitrogens with two attached hydrogens (primary N) is 1. The third-order valence-corrected chi connectivity index (χ3v) is 2.93. The molecule has 0 bridgehead atoms. The highest BCUT2D eigenvalue weighted by Crippen LogP contribution is 2.09. The van der Waals surface area contributed by atoms with Gasteiger partial charge in [-0.1, -0.05) is 36.5 Å². The van der Waals surface area contributed by atoms with E-state index in [9.17, 15) is 4.79 Å². The Morgan fingerprint density at radius 3 is 2.65 bits per heavy atom. The molecule has 0 saturated carbocycles. The fourth-order valence-corrected chi connectivity index (χ4v) is 1.60. The Labute approximate surface area is 108 Å². The van der Waals surface area contributed by atoms with Gasteiger partial charge in [0.25, 0.3) is 0 Å². The smallest absolute Gasteiger partial charge is 0.226 e. The van der Waals surface area contributed by atoms with E-state index in [0.717, 1.165) is 11.1 Å². The Morgan fingerprint density at radius 1 is 1.41 bits per heavy atom. The largest absolute Gasteiger partial charge is 0.393 e. The van der Waals surface area contributed by atoms with Gasteiger partial charge in [0.05, 0.1) is 11.4 Å². The summed E-state index contributed by atoms with van der Waals surface area (Å²) in [5.41, 5.74) is 7.62. The van der Waals surface area contributed by atoms with Crippen LogP contribution < -0.4 is 5.73 Å². The SMILES string of the molecule is Cc1ccccc1CC(=O)N(C)CCC(N)=S. The zero-order valence-corrected chi connectivity index (χ0v) is 11.1. The van der Waals surface area contributed by atoms with Crippen LogP contribution >= 0.6 is 12.2 Å². The summed E-state index contributed by atoms with van der Waals surface area (Å²) >= 11 is 4.79. The number of likely N-dealkylation sites (N-methyl/N-ethyl adjacent to an activating group) is 1. The van der Waals surface area contributed by atoms with Crippen LogP contribution in [0.5, 0.6) is 0 Å². The maximum Gasteiger partial charge on any atom is 0.226 e. The molecule has 2 N–H and O–H groups in total. The van der Waals surface area contributed by atoms with Crippen LogP contribution in [0.25, 0.3) is 0 Å². The van der Waals surface area contributed by atoms with E-state index in [1.807, 2.05) is 31.2 Å². The van der Waals surface area contributed by atoms with Crippen LogP contribution in [0, 0.1) is 6.92 Å². The minimum Gasteiger partial charge on any atom is -0.393 e. The zero-order chi connectivity index (χ0) is 12.8. The Bertz CT molecular complexity index is 418. The van der Waals surface area contributed by atoms with Crippen LogP contribution in [0.1, 0.15) is 17.5 Å². The molecule has 0 spiro atoms. The predicted octanol–water partition coefficient (Wildman–Crippen LogP) is 1.67. The van der Waals surface area contributed by atoms with Gasteiger partial charge in [-0.25, -0.2) is 0 Å². The first-order valence-corrected chi connectivity index (χ1v) is 5.98. The van der Waals surface area contributed by atoms with E-state index in [1.165, 1.54) is 0 Å². The lowest BCUT2D eigenvalue weighted by Crippen LogP contribution is -2.31. The van der Waals surface area contributed by atoms with Crippen LogP contribution in [-0.2, 0) is 11.2 Å². The average molecular weight is 250 g/mol. The molecule has 0 aromatic heterocycles. The summed E-state index contributed by atoms with van der Waals surface area (Å²) in [6, 6.07) is 7.91. The molecule has 92 valence electrons. The Kier molecular flexibility index (Phi) is 5.10. The van der Waals surface area contributed by atoms with Crippen LogP contribution in [0.2, 0.25) is 0 Å². The summed E-state index contributed by atoms with van der Waals surface area (Å²) in [7, 11) is 1.78. The lowest BCUT2D eigenvalue weighted by atomic mass is 10.1. The molecule has 0 aliphatic carbocycles. The third-order valence-electron chi connectivity index (χ3n) is 2.72. The Morgan fingerprint density at radius 2 is 2.06 bits per heavy atom. The first kappa shape index (κ1) is 13.6. The standard InChI is InChI=1S/C13H18N2OS/c1-10-5-3-4-6-11(10)9-13(16)15(2)8-7-12(14)17/h3-6H,7-9H2,1-2H3,(H2,14,17). The van der Waals surface area contributed by atoms with Crippen molar-refractivity contribution in [2.75, 3.05) is 13.6 Å². The van der Waals surface area contributed by atoms with Crippen molar-refractivity contribution >= 4 is 23.1 Å². The molecule has 0 unspecified atom stereocenters. The molecular formula is C13H18N2OS.